The van der Waals surface area contributed by atoms with E-state index in [9.17, 15) is 9.59 Å². The van der Waals surface area contributed by atoms with Crippen LogP contribution >= 0.6 is 11.8 Å². The van der Waals surface area contributed by atoms with Crippen molar-refractivity contribution in [2.45, 2.75) is 18.5 Å². The van der Waals surface area contributed by atoms with Crippen LogP contribution in [0.4, 0.5) is 5.82 Å². The first kappa shape index (κ1) is 16.2. The molecule has 0 bridgehead atoms. The van der Waals surface area contributed by atoms with Gasteiger partial charge in [0, 0.05) is 32.5 Å². The second-order valence-electron chi connectivity index (χ2n) is 4.06. The lowest BCUT2D eigenvalue weighted by molar-refractivity contribution is -0.128. The quantitative estimate of drug-likeness (QED) is 0.471. The summed E-state index contributed by atoms with van der Waals surface area (Å²) in [6.07, 6.45) is 1.73. The van der Waals surface area contributed by atoms with Crippen molar-refractivity contribution in [3.63, 3.8) is 0 Å². The van der Waals surface area contributed by atoms with E-state index >= 15 is 0 Å². The molecule has 1 aromatic rings. The second-order valence-corrected chi connectivity index (χ2v) is 5.12. The highest BCUT2D eigenvalue weighted by atomic mass is 32.2. The molecule has 2 N–H and O–H groups in total. The summed E-state index contributed by atoms with van der Waals surface area (Å²) in [6, 6.07) is 0. The average molecular weight is 298 g/mol. The number of nitrogens with zero attached hydrogens (tertiary/aromatic N) is 3. The van der Waals surface area contributed by atoms with Gasteiger partial charge in [-0.15, -0.1) is 0 Å². The van der Waals surface area contributed by atoms with Crippen molar-refractivity contribution in [1.29, 1.82) is 0 Å². The van der Waals surface area contributed by atoms with Crippen molar-refractivity contribution in [2.24, 2.45) is 0 Å². The van der Waals surface area contributed by atoms with Crippen LogP contribution < -0.4 is 5.73 Å². The van der Waals surface area contributed by atoms with Gasteiger partial charge in [0.15, 0.2) is 5.16 Å². The zero-order valence-corrected chi connectivity index (χ0v) is 12.6. The molecule has 20 heavy (non-hydrogen) atoms. The number of esters is 1. The number of ether oxygens (including phenoxy) is 1. The number of nitrogen functional groups attached to an aromatic ring is 1. The van der Waals surface area contributed by atoms with Crippen LogP contribution in [0.1, 0.15) is 23.7 Å². The Hall–Kier alpha value is -1.83. The Morgan fingerprint density at radius 2 is 2.15 bits per heavy atom. The lowest BCUT2D eigenvalue weighted by atomic mass is 10.3. The highest BCUT2D eigenvalue weighted by Crippen LogP contribution is 2.17. The van der Waals surface area contributed by atoms with Crippen LogP contribution in [-0.2, 0) is 9.53 Å². The zero-order chi connectivity index (χ0) is 15.1. The van der Waals surface area contributed by atoms with Crippen LogP contribution in [0.5, 0.6) is 0 Å². The first-order chi connectivity index (χ1) is 9.45. The Labute approximate surface area is 121 Å². The molecule has 0 saturated heterocycles. The lowest BCUT2D eigenvalue weighted by Gasteiger charge is -2.09. The van der Waals surface area contributed by atoms with Gasteiger partial charge < -0.3 is 15.4 Å². The third-order valence-corrected chi connectivity index (χ3v) is 3.20. The van der Waals surface area contributed by atoms with Gasteiger partial charge in [0.1, 0.15) is 11.4 Å². The molecule has 0 aliphatic heterocycles. The van der Waals surface area contributed by atoms with E-state index in [0.717, 1.165) is 0 Å². The fraction of sp³-hybridized carbons (Fsp3) is 0.500. The highest BCUT2D eigenvalue weighted by molar-refractivity contribution is 7.99. The number of rotatable bonds is 6. The molecule has 0 spiro atoms. The summed E-state index contributed by atoms with van der Waals surface area (Å²) in [7, 11) is 3.41. The predicted molar refractivity (Wildman–Crippen MR) is 76.4 cm³/mol. The maximum Gasteiger partial charge on any atom is 0.343 e. The molecule has 7 nitrogen and oxygen atoms in total. The van der Waals surface area contributed by atoms with E-state index < -0.39 is 5.97 Å². The van der Waals surface area contributed by atoms with Gasteiger partial charge in [-0.25, -0.2) is 14.8 Å². The first-order valence-electron chi connectivity index (χ1n) is 6.08. The van der Waals surface area contributed by atoms with Gasteiger partial charge in [0.05, 0.1) is 6.61 Å². The third-order valence-electron chi connectivity index (χ3n) is 2.34. The van der Waals surface area contributed by atoms with Crippen molar-refractivity contribution in [3.05, 3.63) is 11.8 Å². The van der Waals surface area contributed by atoms with Gasteiger partial charge in [-0.2, -0.15) is 0 Å². The maximum absolute atomic E-state index is 11.5. The van der Waals surface area contributed by atoms with E-state index in [2.05, 4.69) is 9.97 Å². The summed E-state index contributed by atoms with van der Waals surface area (Å²) in [5.41, 5.74) is 5.85. The number of aromatic nitrogens is 2. The minimum atomic E-state index is -0.538. The van der Waals surface area contributed by atoms with Gasteiger partial charge in [0.2, 0.25) is 5.91 Å². The number of carbonyl (C=O) groups is 2. The van der Waals surface area contributed by atoms with Crippen LogP contribution in [-0.4, -0.2) is 53.2 Å². The number of carbonyl (C=O) groups excluding carboxylic acids is 2. The molecular weight excluding hydrogens is 280 g/mol. The number of anilines is 1. The lowest BCUT2D eigenvalue weighted by Crippen LogP contribution is -2.21. The van der Waals surface area contributed by atoms with Gasteiger partial charge in [0.25, 0.3) is 0 Å². The number of amides is 1. The Bertz CT molecular complexity index is 494. The molecule has 0 fully saturated rings. The van der Waals surface area contributed by atoms with E-state index in [-0.39, 0.29) is 23.9 Å². The van der Waals surface area contributed by atoms with E-state index in [4.69, 9.17) is 10.5 Å². The molecule has 0 unspecified atom stereocenters. The minimum Gasteiger partial charge on any atom is -0.462 e. The largest absolute Gasteiger partial charge is 0.462 e. The fourth-order valence-electron chi connectivity index (χ4n) is 1.27. The van der Waals surface area contributed by atoms with Crippen molar-refractivity contribution in [1.82, 2.24) is 14.9 Å². The standard InChI is InChI=1S/C12H18N4O3S/c1-4-19-11(18)8-7-14-12(15-10(8)13)20-6-5-9(17)16(2)3/h7H,4-6H2,1-3H3,(H2,13,14,15). The molecular formula is C12H18N4O3S. The molecule has 0 aromatic carbocycles. The molecule has 0 radical (unpaired) electrons. The van der Waals surface area contributed by atoms with E-state index in [1.807, 2.05) is 0 Å². The fourth-order valence-corrected chi connectivity index (χ4v) is 2.02. The second kappa shape index (κ2) is 7.68. The highest BCUT2D eigenvalue weighted by Gasteiger charge is 2.14. The molecule has 1 aromatic heterocycles. The minimum absolute atomic E-state index is 0.0358. The van der Waals surface area contributed by atoms with Crippen molar-refractivity contribution < 1.29 is 14.3 Å². The van der Waals surface area contributed by atoms with E-state index in [0.29, 0.717) is 17.3 Å². The molecule has 0 saturated carbocycles. The zero-order valence-electron chi connectivity index (χ0n) is 11.8. The van der Waals surface area contributed by atoms with Crippen LogP contribution in [0, 0.1) is 0 Å². The molecule has 0 atom stereocenters. The van der Waals surface area contributed by atoms with Gasteiger partial charge in [-0.1, -0.05) is 11.8 Å². The number of nitrogens with two attached hydrogens (primary N) is 1. The number of hydrogen-bond donors (Lipinski definition) is 1. The van der Waals surface area contributed by atoms with E-state index in [1.54, 1.807) is 21.0 Å². The van der Waals surface area contributed by atoms with Gasteiger partial charge >= 0.3 is 5.97 Å². The van der Waals surface area contributed by atoms with Crippen molar-refractivity contribution >= 4 is 29.5 Å². The molecule has 0 aliphatic carbocycles. The van der Waals surface area contributed by atoms with E-state index in [1.165, 1.54) is 22.9 Å². The van der Waals surface area contributed by atoms with Gasteiger partial charge in [-0.3, -0.25) is 4.79 Å². The first-order valence-corrected chi connectivity index (χ1v) is 7.06. The summed E-state index contributed by atoms with van der Waals surface area (Å²) in [4.78, 5) is 32.5. The monoisotopic (exact) mass is 298 g/mol. The summed E-state index contributed by atoms with van der Waals surface area (Å²) in [5.74, 6) is 0.132. The molecule has 8 heteroatoms. The van der Waals surface area contributed by atoms with Crippen LogP contribution in [0.25, 0.3) is 0 Å². The Morgan fingerprint density at radius 3 is 2.70 bits per heavy atom. The molecule has 0 aliphatic rings. The van der Waals surface area contributed by atoms with Crippen LogP contribution in [0.15, 0.2) is 11.4 Å². The summed E-state index contributed by atoms with van der Waals surface area (Å²) >= 11 is 1.31. The topological polar surface area (TPSA) is 98.4 Å². The normalized spacial score (nSPS) is 10.2. The third kappa shape index (κ3) is 4.69. The smallest absolute Gasteiger partial charge is 0.343 e. The predicted octanol–water partition coefficient (Wildman–Crippen LogP) is 0.806. The van der Waals surface area contributed by atoms with Crippen molar-refractivity contribution in [3.8, 4) is 0 Å². The Balaban J connectivity index is 2.59. The Kier molecular flexibility index (Phi) is 6.23. The summed E-state index contributed by atoms with van der Waals surface area (Å²) < 4.78 is 4.83. The number of hydrogen-bond acceptors (Lipinski definition) is 7. The van der Waals surface area contributed by atoms with Gasteiger partial charge in [-0.05, 0) is 6.92 Å². The summed E-state index contributed by atoms with van der Waals surface area (Å²) in [6.45, 7) is 1.97. The van der Waals surface area contributed by atoms with Crippen LogP contribution in [0.2, 0.25) is 0 Å². The number of thioether (sulfide) groups is 1. The molecule has 1 rings (SSSR count). The molecule has 1 heterocycles. The average Bonchev–Trinajstić information content (AvgIpc) is 2.38. The Morgan fingerprint density at radius 1 is 1.45 bits per heavy atom. The molecule has 1 amide bonds. The SMILES string of the molecule is CCOC(=O)c1cnc(SCCC(=O)N(C)C)nc1N. The van der Waals surface area contributed by atoms with Crippen LogP contribution in [0.3, 0.4) is 0 Å². The summed E-state index contributed by atoms with van der Waals surface area (Å²) in [5, 5.41) is 0.433. The maximum atomic E-state index is 11.5. The van der Waals surface area contributed by atoms with Crippen molar-refractivity contribution in [2.75, 3.05) is 32.2 Å². The molecule has 110 valence electrons.